The number of methoxy groups -OCH3 is 1. The highest BCUT2D eigenvalue weighted by atomic mass is 19.4. The first-order valence-electron chi connectivity index (χ1n) is 9.62. The number of benzene rings is 2. The smallest absolute Gasteiger partial charge is 0.416 e. The van der Waals surface area contributed by atoms with Crippen LogP contribution >= 0.6 is 0 Å². The molecule has 0 aromatic heterocycles. The minimum Gasteiger partial charge on any atom is -0.496 e. The van der Waals surface area contributed by atoms with Gasteiger partial charge in [0.1, 0.15) is 18.0 Å². The van der Waals surface area contributed by atoms with E-state index in [1.54, 1.807) is 32.0 Å². The van der Waals surface area contributed by atoms with Crippen LogP contribution in [0.5, 0.6) is 5.75 Å². The maximum atomic E-state index is 13.4. The molecule has 1 amide bonds. The molecule has 0 radical (unpaired) electrons. The van der Waals surface area contributed by atoms with E-state index < -0.39 is 35.8 Å². The molecule has 0 spiro atoms. The third-order valence-corrected chi connectivity index (χ3v) is 5.00. The van der Waals surface area contributed by atoms with Crippen molar-refractivity contribution in [3.05, 3.63) is 58.7 Å². The summed E-state index contributed by atoms with van der Waals surface area (Å²) < 4.78 is 56.4. The molecule has 1 heterocycles. The first kappa shape index (κ1) is 22.6. The van der Waals surface area contributed by atoms with Crippen molar-refractivity contribution in [3.63, 3.8) is 0 Å². The van der Waals surface area contributed by atoms with Gasteiger partial charge in [-0.25, -0.2) is 0 Å². The summed E-state index contributed by atoms with van der Waals surface area (Å²) in [6.45, 7) is 3.49. The third-order valence-electron chi connectivity index (χ3n) is 5.00. The van der Waals surface area contributed by atoms with E-state index in [0.29, 0.717) is 16.9 Å². The summed E-state index contributed by atoms with van der Waals surface area (Å²) in [5.41, 5.74) is 0.592. The molecule has 6 nitrogen and oxygen atoms in total. The van der Waals surface area contributed by atoms with Gasteiger partial charge in [-0.05, 0) is 49.2 Å². The second kappa shape index (κ2) is 8.97. The van der Waals surface area contributed by atoms with Gasteiger partial charge in [0.15, 0.2) is 0 Å². The number of ether oxygens (including phenoxy) is 3. The number of alkyl halides is 3. The monoisotopic (exact) mass is 437 g/mol. The Morgan fingerprint density at radius 2 is 1.94 bits per heavy atom. The van der Waals surface area contributed by atoms with Gasteiger partial charge in [0.2, 0.25) is 0 Å². The van der Waals surface area contributed by atoms with Crippen molar-refractivity contribution < 1.29 is 37.0 Å². The van der Waals surface area contributed by atoms with E-state index in [4.69, 9.17) is 14.2 Å². The number of anilines is 1. The quantitative estimate of drug-likeness (QED) is 0.702. The summed E-state index contributed by atoms with van der Waals surface area (Å²) in [5, 5.41) is 2.58. The molecule has 31 heavy (non-hydrogen) atoms. The SMILES string of the molecule is CCOC(=O)CC1OC(c2cccc(OC)c2C)c2cc(C(F)(F)F)ccc2NC1=O. The lowest BCUT2D eigenvalue weighted by Gasteiger charge is -2.24. The van der Waals surface area contributed by atoms with Gasteiger partial charge in [0.25, 0.3) is 5.91 Å². The largest absolute Gasteiger partial charge is 0.496 e. The van der Waals surface area contributed by atoms with Gasteiger partial charge in [-0.15, -0.1) is 0 Å². The van der Waals surface area contributed by atoms with Gasteiger partial charge < -0.3 is 19.5 Å². The number of carbonyl (C=O) groups excluding carboxylic acids is 2. The van der Waals surface area contributed by atoms with Gasteiger partial charge in [0, 0.05) is 11.3 Å². The van der Waals surface area contributed by atoms with Crippen molar-refractivity contribution in [2.24, 2.45) is 0 Å². The second-order valence-corrected chi connectivity index (χ2v) is 6.98. The fourth-order valence-electron chi connectivity index (χ4n) is 3.47. The van der Waals surface area contributed by atoms with Crippen LogP contribution in [0, 0.1) is 6.92 Å². The van der Waals surface area contributed by atoms with Crippen LogP contribution in [-0.4, -0.2) is 31.7 Å². The van der Waals surface area contributed by atoms with E-state index in [0.717, 1.165) is 12.1 Å². The molecule has 1 N–H and O–H groups in total. The highest BCUT2D eigenvalue weighted by Crippen LogP contribution is 2.41. The molecule has 1 aliphatic heterocycles. The van der Waals surface area contributed by atoms with Gasteiger partial charge >= 0.3 is 12.1 Å². The molecule has 0 saturated carbocycles. The van der Waals surface area contributed by atoms with Crippen molar-refractivity contribution in [3.8, 4) is 5.75 Å². The predicted octanol–water partition coefficient (Wildman–Crippen LogP) is 4.40. The summed E-state index contributed by atoms with van der Waals surface area (Å²) in [6, 6.07) is 8.10. The first-order valence-corrected chi connectivity index (χ1v) is 9.62. The zero-order valence-corrected chi connectivity index (χ0v) is 17.2. The van der Waals surface area contributed by atoms with Gasteiger partial charge in [-0.2, -0.15) is 13.2 Å². The molecule has 2 aromatic carbocycles. The summed E-state index contributed by atoms with van der Waals surface area (Å²) in [7, 11) is 1.48. The number of esters is 1. The van der Waals surface area contributed by atoms with Gasteiger partial charge in [0.05, 0.1) is 25.7 Å². The average molecular weight is 437 g/mol. The van der Waals surface area contributed by atoms with E-state index in [2.05, 4.69) is 5.32 Å². The summed E-state index contributed by atoms with van der Waals surface area (Å²) in [5.74, 6) is -0.775. The number of nitrogens with one attached hydrogen (secondary N) is 1. The Morgan fingerprint density at radius 1 is 1.19 bits per heavy atom. The minimum absolute atomic E-state index is 0.126. The van der Waals surface area contributed by atoms with Crippen molar-refractivity contribution >= 4 is 17.6 Å². The predicted molar refractivity (Wildman–Crippen MR) is 106 cm³/mol. The second-order valence-electron chi connectivity index (χ2n) is 6.98. The van der Waals surface area contributed by atoms with Crippen LogP contribution in [-0.2, 0) is 25.2 Å². The molecule has 0 saturated heterocycles. The van der Waals surface area contributed by atoms with Crippen molar-refractivity contribution in [1.82, 2.24) is 0 Å². The number of fused-ring (bicyclic) bond motifs is 1. The van der Waals surface area contributed by atoms with Crippen LogP contribution < -0.4 is 10.1 Å². The highest BCUT2D eigenvalue weighted by Gasteiger charge is 2.37. The molecule has 0 fully saturated rings. The van der Waals surface area contributed by atoms with E-state index in [1.807, 2.05) is 0 Å². The standard InChI is InChI=1S/C22H22F3NO5/c1-4-30-19(27)11-18-21(28)26-16-9-8-13(22(23,24)25)10-15(16)20(31-18)14-6-5-7-17(29-3)12(14)2/h5-10,18,20H,4,11H2,1-3H3,(H,26,28). The molecular formula is C22H22F3NO5. The Morgan fingerprint density at radius 3 is 2.58 bits per heavy atom. The normalized spacial score (nSPS) is 18.6. The van der Waals surface area contributed by atoms with E-state index in [9.17, 15) is 22.8 Å². The molecule has 2 aromatic rings. The average Bonchev–Trinajstić information content (AvgIpc) is 2.84. The topological polar surface area (TPSA) is 73.9 Å². The van der Waals surface area contributed by atoms with Crippen molar-refractivity contribution in [1.29, 1.82) is 0 Å². The fourth-order valence-corrected chi connectivity index (χ4v) is 3.47. The molecule has 2 unspecified atom stereocenters. The maximum Gasteiger partial charge on any atom is 0.416 e. The molecule has 166 valence electrons. The summed E-state index contributed by atoms with van der Waals surface area (Å²) in [4.78, 5) is 24.7. The Labute approximate surface area is 177 Å². The lowest BCUT2D eigenvalue weighted by molar-refractivity contribution is -0.150. The molecule has 0 aliphatic carbocycles. The molecule has 3 rings (SSSR count). The highest BCUT2D eigenvalue weighted by molar-refractivity contribution is 5.97. The fraction of sp³-hybridized carbons (Fsp3) is 0.364. The summed E-state index contributed by atoms with van der Waals surface area (Å²) >= 11 is 0. The van der Waals surface area contributed by atoms with Crippen LogP contribution in [0.3, 0.4) is 0 Å². The maximum absolute atomic E-state index is 13.4. The summed E-state index contributed by atoms with van der Waals surface area (Å²) in [6.07, 6.45) is -7.26. The first-order chi connectivity index (χ1) is 14.7. The van der Waals surface area contributed by atoms with Crippen LogP contribution in [0.1, 0.15) is 41.7 Å². The van der Waals surface area contributed by atoms with Crippen LogP contribution in [0.4, 0.5) is 18.9 Å². The number of carbonyl (C=O) groups is 2. The molecule has 0 bridgehead atoms. The zero-order chi connectivity index (χ0) is 22.8. The lowest BCUT2D eigenvalue weighted by atomic mass is 9.94. The molecular weight excluding hydrogens is 415 g/mol. The Kier molecular flexibility index (Phi) is 6.54. The number of hydrogen-bond acceptors (Lipinski definition) is 5. The van der Waals surface area contributed by atoms with Crippen LogP contribution in [0.15, 0.2) is 36.4 Å². The van der Waals surface area contributed by atoms with E-state index in [-0.39, 0.29) is 24.3 Å². The number of amides is 1. The Bertz CT molecular complexity index is 990. The van der Waals surface area contributed by atoms with E-state index >= 15 is 0 Å². The number of hydrogen-bond donors (Lipinski definition) is 1. The number of halogens is 3. The van der Waals surface area contributed by atoms with Crippen molar-refractivity contribution in [2.45, 2.75) is 38.7 Å². The lowest BCUT2D eigenvalue weighted by Crippen LogP contribution is -2.32. The number of rotatable bonds is 5. The molecule has 1 aliphatic rings. The van der Waals surface area contributed by atoms with Crippen LogP contribution in [0.25, 0.3) is 0 Å². The minimum atomic E-state index is -4.58. The third kappa shape index (κ3) is 4.82. The zero-order valence-electron chi connectivity index (χ0n) is 17.2. The van der Waals surface area contributed by atoms with Crippen molar-refractivity contribution in [2.75, 3.05) is 19.0 Å². The molecule has 2 atom stereocenters. The van der Waals surface area contributed by atoms with Crippen LogP contribution in [0.2, 0.25) is 0 Å². The van der Waals surface area contributed by atoms with E-state index in [1.165, 1.54) is 13.2 Å². The van der Waals surface area contributed by atoms with Gasteiger partial charge in [-0.3, -0.25) is 9.59 Å². The van der Waals surface area contributed by atoms with Gasteiger partial charge in [-0.1, -0.05) is 12.1 Å². The Hall–Kier alpha value is -3.07. The molecule has 9 heteroatoms. The Balaban J connectivity index is 2.14.